The molecule has 278 valence electrons. The van der Waals surface area contributed by atoms with E-state index in [1.54, 1.807) is 0 Å². The third-order valence-corrected chi connectivity index (χ3v) is 21.3. The third kappa shape index (κ3) is 7.68. The van der Waals surface area contributed by atoms with Crippen LogP contribution in [0, 0.1) is 0 Å². The lowest BCUT2D eigenvalue weighted by Crippen LogP contribution is -2.70. The molecule has 2 aliphatic rings. The second kappa shape index (κ2) is 16.2. The Hall–Kier alpha value is -2.93. The van der Waals surface area contributed by atoms with Crippen molar-refractivity contribution in [2.45, 2.75) is 114 Å². The zero-order valence-corrected chi connectivity index (χ0v) is 33.8. The Morgan fingerprint density at radius 3 is 1.44 bits per heavy atom. The number of hydrogen-bond donors (Lipinski definition) is 2. The predicted octanol–water partition coefficient (Wildman–Crippen LogP) is 5.96. The third-order valence-electron chi connectivity index (χ3n) is 11.2. The van der Waals surface area contributed by atoms with Crippen LogP contribution in [0.2, 0.25) is 10.1 Å². The monoisotopic (exact) mass is 738 g/mol. The van der Waals surface area contributed by atoms with E-state index >= 15 is 0 Å². The van der Waals surface area contributed by atoms with Gasteiger partial charge >= 0.3 is 0 Å². The van der Waals surface area contributed by atoms with Crippen LogP contribution < -0.4 is 20.7 Å². The normalized spacial score (nSPS) is 24.5. The zero-order valence-electron chi connectivity index (χ0n) is 31.8. The second-order valence-corrected chi connectivity index (χ2v) is 25.2. The molecular formula is C44H58O6Si2. The number of rotatable bonds is 11. The number of aliphatic hydroxyl groups is 2. The standard InChI is InChI=1S/C44H58O6Si2/c1-43(2,3)51(33-19-11-7-12-20-33,34-21-13-8-14-22-34)47-32-42-41(31-40-39(49-42)28-27-37(46)38(48-40)29-30-45)50-52(44(4,5)6,35-23-15-9-16-24-35)36-25-17-10-18-26-36/h7-26,37-42,45-46H,27-32H2,1-6H3/t37-,38+,39+,40-,41+,42-/m1/s1. The van der Waals surface area contributed by atoms with Crippen LogP contribution in [0.25, 0.3) is 0 Å². The lowest BCUT2D eigenvalue weighted by atomic mass is 9.95. The van der Waals surface area contributed by atoms with Crippen LogP contribution >= 0.6 is 0 Å². The smallest absolute Gasteiger partial charge is 0.261 e. The number of hydrogen-bond acceptors (Lipinski definition) is 6. The highest BCUT2D eigenvalue weighted by Crippen LogP contribution is 2.42. The number of aliphatic hydroxyl groups excluding tert-OH is 2. The fraction of sp³-hybridized carbons (Fsp3) is 0.455. The molecule has 0 saturated carbocycles. The van der Waals surface area contributed by atoms with Gasteiger partial charge in [0, 0.05) is 13.0 Å². The van der Waals surface area contributed by atoms with Crippen molar-refractivity contribution in [2.24, 2.45) is 0 Å². The summed E-state index contributed by atoms with van der Waals surface area (Å²) in [6.07, 6.45) is -0.208. The summed E-state index contributed by atoms with van der Waals surface area (Å²) in [5, 5.41) is 25.3. The molecule has 0 spiro atoms. The van der Waals surface area contributed by atoms with Gasteiger partial charge in [-0.15, -0.1) is 0 Å². The topological polar surface area (TPSA) is 77.4 Å². The molecule has 0 aliphatic carbocycles. The molecule has 0 unspecified atom stereocenters. The van der Waals surface area contributed by atoms with Gasteiger partial charge in [0.25, 0.3) is 16.6 Å². The van der Waals surface area contributed by atoms with Crippen molar-refractivity contribution in [1.29, 1.82) is 0 Å². The molecule has 0 aromatic heterocycles. The predicted molar refractivity (Wildman–Crippen MR) is 215 cm³/mol. The molecule has 2 heterocycles. The molecule has 6 rings (SSSR count). The highest BCUT2D eigenvalue weighted by molar-refractivity contribution is 7.00. The van der Waals surface area contributed by atoms with Crippen LogP contribution in [0.1, 0.15) is 67.2 Å². The second-order valence-electron chi connectivity index (χ2n) is 16.6. The van der Waals surface area contributed by atoms with E-state index in [2.05, 4.69) is 163 Å². The van der Waals surface area contributed by atoms with E-state index in [9.17, 15) is 10.2 Å². The molecule has 0 amide bonds. The summed E-state index contributed by atoms with van der Waals surface area (Å²) in [6, 6.07) is 43.0. The summed E-state index contributed by atoms with van der Waals surface area (Å²) in [7, 11) is -5.90. The van der Waals surface area contributed by atoms with E-state index in [0.29, 0.717) is 32.3 Å². The Bertz CT molecular complexity index is 1600. The van der Waals surface area contributed by atoms with Gasteiger partial charge in [0.1, 0.15) is 6.10 Å². The lowest BCUT2D eigenvalue weighted by molar-refractivity contribution is -0.198. The average Bonchev–Trinajstić information content (AvgIpc) is 3.29. The van der Waals surface area contributed by atoms with Gasteiger partial charge in [-0.3, -0.25) is 0 Å². The van der Waals surface area contributed by atoms with Gasteiger partial charge in [-0.25, -0.2) is 0 Å². The molecule has 2 fully saturated rings. The Morgan fingerprint density at radius 1 is 0.596 bits per heavy atom. The molecule has 6 nitrogen and oxygen atoms in total. The quantitative estimate of drug-likeness (QED) is 0.185. The minimum Gasteiger partial charge on any atom is -0.405 e. The van der Waals surface area contributed by atoms with E-state index in [1.165, 1.54) is 20.7 Å². The van der Waals surface area contributed by atoms with Gasteiger partial charge in [0.05, 0.1) is 37.1 Å². The van der Waals surface area contributed by atoms with Gasteiger partial charge in [-0.2, -0.15) is 0 Å². The first kappa shape index (κ1) is 38.8. The summed E-state index contributed by atoms with van der Waals surface area (Å²) in [4.78, 5) is 0. The fourth-order valence-corrected chi connectivity index (χ4v) is 18.0. The van der Waals surface area contributed by atoms with E-state index in [4.69, 9.17) is 18.3 Å². The zero-order chi connectivity index (χ0) is 37.0. The molecule has 4 aromatic carbocycles. The molecule has 2 N–H and O–H groups in total. The van der Waals surface area contributed by atoms with Crippen LogP contribution in [-0.2, 0) is 18.3 Å². The van der Waals surface area contributed by atoms with Gasteiger partial charge in [-0.1, -0.05) is 163 Å². The average molecular weight is 739 g/mol. The van der Waals surface area contributed by atoms with Crippen LogP contribution in [0.4, 0.5) is 0 Å². The van der Waals surface area contributed by atoms with E-state index in [1.807, 2.05) is 0 Å². The van der Waals surface area contributed by atoms with Gasteiger partial charge in [0.2, 0.25) is 0 Å². The number of benzene rings is 4. The van der Waals surface area contributed by atoms with Crippen molar-refractivity contribution in [3.63, 3.8) is 0 Å². The molecule has 6 atom stereocenters. The molecular weight excluding hydrogens is 681 g/mol. The van der Waals surface area contributed by atoms with E-state index in [-0.39, 0.29) is 41.1 Å². The van der Waals surface area contributed by atoms with Gasteiger partial charge in [0.15, 0.2) is 0 Å². The summed E-state index contributed by atoms with van der Waals surface area (Å²) >= 11 is 0. The van der Waals surface area contributed by atoms with Gasteiger partial charge < -0.3 is 28.5 Å². The molecule has 4 aromatic rings. The number of fused-ring (bicyclic) bond motifs is 1. The van der Waals surface area contributed by atoms with Crippen molar-refractivity contribution in [2.75, 3.05) is 13.2 Å². The van der Waals surface area contributed by atoms with Crippen LogP contribution in [0.3, 0.4) is 0 Å². The van der Waals surface area contributed by atoms with Crippen molar-refractivity contribution in [3.8, 4) is 0 Å². The Balaban J connectivity index is 1.46. The fourth-order valence-electron chi connectivity index (χ4n) is 8.71. The van der Waals surface area contributed by atoms with Crippen LogP contribution in [0.15, 0.2) is 121 Å². The maximum Gasteiger partial charge on any atom is 0.261 e. The highest BCUT2D eigenvalue weighted by Gasteiger charge is 2.56. The maximum atomic E-state index is 11.1. The molecule has 8 heteroatoms. The molecule has 0 bridgehead atoms. The maximum absolute atomic E-state index is 11.1. The van der Waals surface area contributed by atoms with E-state index < -0.39 is 28.8 Å². The SMILES string of the molecule is CC(C)(C)[Si](OC[C@H]1O[C@H]2CC[C@@H](O)[C@H](CCO)O[C@@H]2C[C@@H]1O[Si](c1ccccc1)(c1ccccc1)C(C)(C)C)(c1ccccc1)c1ccccc1. The first-order chi connectivity index (χ1) is 24.9. The molecule has 2 saturated heterocycles. The summed E-state index contributed by atoms with van der Waals surface area (Å²) < 4.78 is 29.3. The lowest BCUT2D eigenvalue weighted by Gasteiger charge is -2.50. The minimum atomic E-state index is -3.00. The Labute approximate surface area is 313 Å². The Kier molecular flexibility index (Phi) is 12.1. The van der Waals surface area contributed by atoms with Crippen molar-refractivity contribution >= 4 is 37.4 Å². The van der Waals surface area contributed by atoms with Crippen molar-refractivity contribution < 1.29 is 28.5 Å². The molecule has 0 radical (unpaired) electrons. The number of ether oxygens (including phenoxy) is 2. The van der Waals surface area contributed by atoms with Crippen molar-refractivity contribution in [3.05, 3.63) is 121 Å². The summed E-state index contributed by atoms with van der Waals surface area (Å²) in [6.45, 7) is 14.1. The van der Waals surface area contributed by atoms with E-state index in [0.717, 1.165) is 0 Å². The Morgan fingerprint density at radius 2 is 1.02 bits per heavy atom. The molecule has 2 aliphatic heterocycles. The van der Waals surface area contributed by atoms with Crippen molar-refractivity contribution in [1.82, 2.24) is 0 Å². The minimum absolute atomic E-state index is 0.0447. The largest absolute Gasteiger partial charge is 0.405 e. The summed E-state index contributed by atoms with van der Waals surface area (Å²) in [5.41, 5.74) is 0. The van der Waals surface area contributed by atoms with Crippen LogP contribution in [0.5, 0.6) is 0 Å². The molecule has 52 heavy (non-hydrogen) atoms. The summed E-state index contributed by atoms with van der Waals surface area (Å²) in [5.74, 6) is 0. The van der Waals surface area contributed by atoms with Gasteiger partial charge in [-0.05, 0) is 50.1 Å². The first-order valence-corrected chi connectivity index (χ1v) is 22.9. The first-order valence-electron chi connectivity index (χ1n) is 19.0. The van der Waals surface area contributed by atoms with Crippen LogP contribution in [-0.4, -0.2) is 76.7 Å². The highest BCUT2D eigenvalue weighted by atomic mass is 28.4.